The van der Waals surface area contributed by atoms with Gasteiger partial charge in [0.1, 0.15) is 5.41 Å². The summed E-state index contributed by atoms with van der Waals surface area (Å²) in [6.45, 7) is 0. The van der Waals surface area contributed by atoms with Crippen molar-refractivity contribution >= 4 is 17.6 Å². The summed E-state index contributed by atoms with van der Waals surface area (Å²) in [4.78, 5) is 27.6. The topological polar surface area (TPSA) is 46.6 Å². The predicted octanol–water partition coefficient (Wildman–Crippen LogP) is 2.29. The summed E-state index contributed by atoms with van der Waals surface area (Å²) in [7, 11) is 3.22. The lowest BCUT2D eigenvalue weighted by atomic mass is 9.49. The van der Waals surface area contributed by atoms with Gasteiger partial charge in [0.2, 0.25) is 5.91 Å². The zero-order valence-electron chi connectivity index (χ0n) is 12.8. The molecule has 1 amide bonds. The molecule has 5 rings (SSSR count). The minimum absolute atomic E-state index is 0.0307. The first kappa shape index (κ1) is 13.6. The fraction of sp³-hybridized carbons (Fsp3) is 0.444. The third kappa shape index (κ3) is 1.38. The van der Waals surface area contributed by atoms with Crippen molar-refractivity contribution in [3.8, 4) is 0 Å². The van der Waals surface area contributed by atoms with E-state index in [2.05, 4.69) is 12.2 Å². The number of amides is 1. The van der Waals surface area contributed by atoms with Crippen molar-refractivity contribution in [3.05, 3.63) is 42.0 Å². The van der Waals surface area contributed by atoms with E-state index in [1.165, 1.54) is 7.11 Å². The average molecular weight is 297 g/mol. The molecule has 4 atom stereocenters. The van der Waals surface area contributed by atoms with Crippen LogP contribution in [0.4, 0.5) is 5.69 Å². The summed E-state index contributed by atoms with van der Waals surface area (Å²) in [6.07, 6.45) is 6.14. The van der Waals surface area contributed by atoms with E-state index in [0.717, 1.165) is 24.1 Å². The van der Waals surface area contributed by atoms with Crippen molar-refractivity contribution in [2.45, 2.75) is 18.3 Å². The van der Waals surface area contributed by atoms with Gasteiger partial charge < -0.3 is 9.64 Å². The van der Waals surface area contributed by atoms with Crippen molar-refractivity contribution in [2.75, 3.05) is 19.1 Å². The zero-order chi connectivity index (χ0) is 15.5. The first-order valence-electron chi connectivity index (χ1n) is 7.76. The molecule has 0 saturated heterocycles. The van der Waals surface area contributed by atoms with Gasteiger partial charge in [-0.15, -0.1) is 0 Å². The van der Waals surface area contributed by atoms with Crippen LogP contribution >= 0.6 is 0 Å². The Kier molecular flexibility index (Phi) is 2.74. The molecule has 1 saturated carbocycles. The lowest BCUT2D eigenvalue weighted by Gasteiger charge is -2.55. The zero-order valence-corrected chi connectivity index (χ0v) is 12.8. The van der Waals surface area contributed by atoms with Gasteiger partial charge in [0, 0.05) is 12.7 Å². The van der Waals surface area contributed by atoms with E-state index in [-0.39, 0.29) is 29.6 Å². The highest BCUT2D eigenvalue weighted by atomic mass is 16.5. The van der Waals surface area contributed by atoms with Gasteiger partial charge in [0.05, 0.1) is 13.0 Å². The minimum Gasteiger partial charge on any atom is -0.468 e. The van der Waals surface area contributed by atoms with Crippen molar-refractivity contribution in [1.82, 2.24) is 0 Å². The number of hydrogen-bond donors (Lipinski definition) is 0. The highest BCUT2D eigenvalue weighted by Gasteiger charge is 2.65. The normalized spacial score (nSPS) is 35.1. The number of allylic oxidation sites excluding steroid dienone is 2. The van der Waals surface area contributed by atoms with Crippen LogP contribution in [-0.4, -0.2) is 26.0 Å². The molecule has 2 bridgehead atoms. The van der Waals surface area contributed by atoms with Gasteiger partial charge in [-0.2, -0.15) is 0 Å². The van der Waals surface area contributed by atoms with E-state index < -0.39 is 5.41 Å². The number of para-hydroxylation sites is 1. The molecule has 0 N–H and O–H groups in total. The molecule has 0 spiro atoms. The second-order valence-electron chi connectivity index (χ2n) is 6.49. The first-order valence-corrected chi connectivity index (χ1v) is 7.76. The van der Waals surface area contributed by atoms with Gasteiger partial charge in [-0.25, -0.2) is 0 Å². The molecule has 4 nitrogen and oxygen atoms in total. The first-order chi connectivity index (χ1) is 10.6. The Hall–Kier alpha value is -2.10. The van der Waals surface area contributed by atoms with Crippen LogP contribution in [0.1, 0.15) is 18.4 Å². The van der Waals surface area contributed by atoms with Crippen LogP contribution in [0.15, 0.2) is 36.4 Å². The lowest BCUT2D eigenvalue weighted by molar-refractivity contribution is -0.160. The smallest absolute Gasteiger partial charge is 0.317 e. The number of carbonyl (C=O) groups excluding carboxylic acids is 2. The Morgan fingerprint density at radius 1 is 1.27 bits per heavy atom. The molecule has 1 aromatic rings. The Balaban J connectivity index is 2.06. The molecule has 4 heteroatoms. The number of esters is 1. The number of methoxy groups -OCH3 is 1. The van der Waals surface area contributed by atoms with Crippen molar-refractivity contribution in [1.29, 1.82) is 0 Å². The third-order valence-corrected chi connectivity index (χ3v) is 5.74. The Morgan fingerprint density at radius 2 is 2.05 bits per heavy atom. The van der Waals surface area contributed by atoms with Crippen LogP contribution < -0.4 is 4.90 Å². The van der Waals surface area contributed by atoms with E-state index in [9.17, 15) is 9.59 Å². The van der Waals surface area contributed by atoms with Gasteiger partial charge in [-0.1, -0.05) is 30.4 Å². The Labute approximate surface area is 129 Å². The quantitative estimate of drug-likeness (QED) is 0.590. The highest BCUT2D eigenvalue weighted by molar-refractivity contribution is 6.06. The predicted molar refractivity (Wildman–Crippen MR) is 82.4 cm³/mol. The van der Waals surface area contributed by atoms with Crippen molar-refractivity contribution in [2.24, 2.45) is 17.8 Å². The number of fused-ring (bicyclic) bond motifs is 2. The molecule has 1 aliphatic heterocycles. The number of carbonyl (C=O) groups is 2. The summed E-state index contributed by atoms with van der Waals surface area (Å²) in [5, 5.41) is 0. The number of benzene rings is 1. The van der Waals surface area contributed by atoms with Crippen LogP contribution in [0.5, 0.6) is 0 Å². The largest absolute Gasteiger partial charge is 0.468 e. The fourth-order valence-corrected chi connectivity index (χ4v) is 4.81. The second-order valence-corrected chi connectivity index (χ2v) is 6.49. The van der Waals surface area contributed by atoms with Gasteiger partial charge in [0.25, 0.3) is 0 Å². The van der Waals surface area contributed by atoms with E-state index in [1.807, 2.05) is 24.3 Å². The molecule has 4 aliphatic rings. The lowest BCUT2D eigenvalue weighted by Crippen LogP contribution is -2.63. The van der Waals surface area contributed by atoms with Crippen LogP contribution in [0, 0.1) is 17.8 Å². The number of rotatable bonds is 1. The molecule has 0 radical (unpaired) electrons. The average Bonchev–Trinajstić information content (AvgIpc) is 2.59. The molecule has 1 aromatic carbocycles. The summed E-state index contributed by atoms with van der Waals surface area (Å²) in [5.74, 6) is -0.432. The maximum absolute atomic E-state index is 13.0. The SMILES string of the molecule is COC(=O)[C@]12c3ccccc3N(C)C(=O)[C@H]1[C@@H]1C=C[C@H]2CC1. The van der Waals surface area contributed by atoms with E-state index in [0.29, 0.717) is 0 Å². The van der Waals surface area contributed by atoms with Crippen LogP contribution in [0.2, 0.25) is 0 Å². The van der Waals surface area contributed by atoms with Crippen LogP contribution in [0.3, 0.4) is 0 Å². The minimum atomic E-state index is -0.855. The maximum atomic E-state index is 13.0. The van der Waals surface area contributed by atoms with Crippen molar-refractivity contribution < 1.29 is 14.3 Å². The molecule has 22 heavy (non-hydrogen) atoms. The molecular weight excluding hydrogens is 278 g/mol. The molecule has 0 aromatic heterocycles. The van der Waals surface area contributed by atoms with Gasteiger partial charge in [0.15, 0.2) is 0 Å². The summed E-state index contributed by atoms with van der Waals surface area (Å²) >= 11 is 0. The van der Waals surface area contributed by atoms with E-state index >= 15 is 0 Å². The van der Waals surface area contributed by atoms with Crippen molar-refractivity contribution in [3.63, 3.8) is 0 Å². The summed E-state index contributed by atoms with van der Waals surface area (Å²) in [5.41, 5.74) is 0.912. The number of nitrogens with zero attached hydrogens (tertiary/aromatic N) is 1. The highest BCUT2D eigenvalue weighted by Crippen LogP contribution is 2.59. The fourth-order valence-electron chi connectivity index (χ4n) is 4.81. The summed E-state index contributed by atoms with van der Waals surface area (Å²) in [6, 6.07) is 7.75. The molecule has 1 heterocycles. The monoisotopic (exact) mass is 297 g/mol. The van der Waals surface area contributed by atoms with Gasteiger partial charge in [-0.3, -0.25) is 9.59 Å². The maximum Gasteiger partial charge on any atom is 0.317 e. The number of ether oxygens (including phenoxy) is 1. The Morgan fingerprint density at radius 3 is 2.73 bits per heavy atom. The molecule has 1 fully saturated rings. The van der Waals surface area contributed by atoms with E-state index in [4.69, 9.17) is 4.74 Å². The van der Waals surface area contributed by atoms with Crippen LogP contribution in [-0.2, 0) is 19.7 Å². The Bertz CT molecular complexity index is 695. The second kappa shape index (κ2) is 4.45. The van der Waals surface area contributed by atoms with Crippen LogP contribution in [0.25, 0.3) is 0 Å². The summed E-state index contributed by atoms with van der Waals surface area (Å²) < 4.78 is 5.20. The molecule has 0 unspecified atom stereocenters. The third-order valence-electron chi connectivity index (χ3n) is 5.74. The standard InChI is InChI=1S/C18H19NO3/c1-19-14-6-4-3-5-13(14)18(17(21)22-2)12-9-7-11(8-10-12)15(18)16(19)20/h3-7,9,11-12,15H,8,10H2,1-2H3/t11-,12+,15-,18-/m1/s1. The van der Waals surface area contributed by atoms with E-state index in [1.54, 1.807) is 11.9 Å². The number of anilines is 1. The molecular formula is C18H19NO3. The molecule has 114 valence electrons. The van der Waals surface area contributed by atoms with Gasteiger partial charge >= 0.3 is 5.97 Å². The van der Waals surface area contributed by atoms with Gasteiger partial charge in [-0.05, 0) is 36.3 Å². The molecule has 3 aliphatic carbocycles. The number of hydrogen-bond acceptors (Lipinski definition) is 3.